The van der Waals surface area contributed by atoms with Gasteiger partial charge >= 0.3 is 0 Å². The summed E-state index contributed by atoms with van der Waals surface area (Å²) in [6.07, 6.45) is 2.03. The number of benzene rings is 1. The quantitative estimate of drug-likeness (QED) is 0.819. The summed E-state index contributed by atoms with van der Waals surface area (Å²) in [5.41, 5.74) is 0.309. The first-order valence-electron chi connectivity index (χ1n) is 7.82. The Hall–Kier alpha value is -2.63. The van der Waals surface area contributed by atoms with Crippen molar-refractivity contribution in [2.45, 2.75) is 32.9 Å². The second kappa shape index (κ2) is 8.29. The molecule has 0 fully saturated rings. The SMILES string of the molecule is CC(C)C[C@@H](NC(=O)c1ccc(F)cc1)C(=O)NCc1ccco1. The predicted octanol–water partition coefficient (Wildman–Crippen LogP) is 2.88. The first-order chi connectivity index (χ1) is 11.5. The van der Waals surface area contributed by atoms with Gasteiger partial charge in [0.1, 0.15) is 17.6 Å². The van der Waals surface area contributed by atoms with E-state index in [4.69, 9.17) is 4.42 Å². The Kier molecular flexibility index (Phi) is 6.12. The summed E-state index contributed by atoms with van der Waals surface area (Å²) in [5.74, 6) is -0.250. The van der Waals surface area contributed by atoms with E-state index in [0.717, 1.165) is 0 Å². The average Bonchev–Trinajstić information content (AvgIpc) is 3.05. The lowest BCUT2D eigenvalue weighted by Crippen LogP contribution is -2.47. The van der Waals surface area contributed by atoms with E-state index >= 15 is 0 Å². The van der Waals surface area contributed by atoms with Gasteiger partial charge in [0.25, 0.3) is 5.91 Å². The molecule has 0 unspecified atom stereocenters. The first-order valence-corrected chi connectivity index (χ1v) is 7.82. The molecule has 2 amide bonds. The van der Waals surface area contributed by atoms with Crippen LogP contribution < -0.4 is 10.6 Å². The molecule has 1 aromatic heterocycles. The summed E-state index contributed by atoms with van der Waals surface area (Å²) < 4.78 is 18.1. The molecule has 2 N–H and O–H groups in total. The summed E-state index contributed by atoms with van der Waals surface area (Å²) in [4.78, 5) is 24.6. The molecule has 6 heteroatoms. The Morgan fingerprint density at radius 2 is 1.88 bits per heavy atom. The first kappa shape index (κ1) is 17.7. The fourth-order valence-corrected chi connectivity index (χ4v) is 2.26. The van der Waals surface area contributed by atoms with Gasteiger partial charge in [0.05, 0.1) is 12.8 Å². The number of carbonyl (C=O) groups excluding carboxylic acids is 2. The van der Waals surface area contributed by atoms with E-state index < -0.39 is 17.8 Å². The van der Waals surface area contributed by atoms with Crippen molar-refractivity contribution in [1.82, 2.24) is 10.6 Å². The van der Waals surface area contributed by atoms with Crippen LogP contribution in [0.5, 0.6) is 0 Å². The summed E-state index contributed by atoms with van der Waals surface area (Å²) in [5, 5.41) is 5.46. The smallest absolute Gasteiger partial charge is 0.251 e. The molecule has 24 heavy (non-hydrogen) atoms. The number of nitrogens with one attached hydrogen (secondary N) is 2. The molecule has 0 aliphatic carbocycles. The van der Waals surface area contributed by atoms with Crippen LogP contribution in [0.2, 0.25) is 0 Å². The number of hydrogen-bond donors (Lipinski definition) is 2. The van der Waals surface area contributed by atoms with E-state index in [9.17, 15) is 14.0 Å². The molecule has 0 aliphatic rings. The molecule has 0 radical (unpaired) electrons. The zero-order valence-corrected chi connectivity index (χ0v) is 13.7. The third-order valence-corrected chi connectivity index (χ3v) is 3.45. The lowest BCUT2D eigenvalue weighted by molar-refractivity contribution is -0.123. The highest BCUT2D eigenvalue weighted by molar-refractivity contribution is 5.97. The van der Waals surface area contributed by atoms with Crippen LogP contribution in [0.25, 0.3) is 0 Å². The maximum Gasteiger partial charge on any atom is 0.251 e. The van der Waals surface area contributed by atoms with Crippen molar-refractivity contribution in [2.75, 3.05) is 0 Å². The van der Waals surface area contributed by atoms with Crippen LogP contribution >= 0.6 is 0 Å². The van der Waals surface area contributed by atoms with Gasteiger partial charge in [0.15, 0.2) is 0 Å². The van der Waals surface area contributed by atoms with E-state index in [1.54, 1.807) is 12.1 Å². The average molecular weight is 332 g/mol. The summed E-state index contributed by atoms with van der Waals surface area (Å²) in [7, 11) is 0. The van der Waals surface area contributed by atoms with Crippen LogP contribution in [0.4, 0.5) is 4.39 Å². The molecule has 1 atom stereocenters. The third-order valence-electron chi connectivity index (χ3n) is 3.45. The molecule has 128 valence electrons. The van der Waals surface area contributed by atoms with Crippen LogP contribution in [0.3, 0.4) is 0 Å². The third kappa shape index (κ3) is 5.22. The minimum absolute atomic E-state index is 0.220. The second-order valence-corrected chi connectivity index (χ2v) is 5.96. The van der Waals surface area contributed by atoms with Gasteiger partial charge in [-0.1, -0.05) is 13.8 Å². The lowest BCUT2D eigenvalue weighted by atomic mass is 10.0. The topological polar surface area (TPSA) is 71.3 Å². The summed E-state index contributed by atoms with van der Waals surface area (Å²) >= 11 is 0. The van der Waals surface area contributed by atoms with E-state index in [0.29, 0.717) is 17.7 Å². The van der Waals surface area contributed by atoms with Crippen molar-refractivity contribution < 1.29 is 18.4 Å². The Labute approximate surface area is 140 Å². The van der Waals surface area contributed by atoms with Gasteiger partial charge in [0, 0.05) is 5.56 Å². The highest BCUT2D eigenvalue weighted by Gasteiger charge is 2.22. The van der Waals surface area contributed by atoms with Gasteiger partial charge in [-0.3, -0.25) is 9.59 Å². The Balaban J connectivity index is 1.99. The zero-order valence-electron chi connectivity index (χ0n) is 13.7. The van der Waals surface area contributed by atoms with Crippen molar-refractivity contribution >= 4 is 11.8 Å². The number of hydrogen-bond acceptors (Lipinski definition) is 3. The van der Waals surface area contributed by atoms with Crippen LogP contribution in [-0.4, -0.2) is 17.9 Å². The number of amides is 2. The molecule has 2 aromatic rings. The molecule has 0 spiro atoms. The molecule has 0 saturated carbocycles. The number of rotatable bonds is 7. The molecule has 1 aromatic carbocycles. The molecule has 0 bridgehead atoms. The second-order valence-electron chi connectivity index (χ2n) is 5.96. The normalized spacial score (nSPS) is 12.0. The molecule has 5 nitrogen and oxygen atoms in total. The van der Waals surface area contributed by atoms with Gasteiger partial charge in [0.2, 0.25) is 5.91 Å². The van der Waals surface area contributed by atoms with Crippen molar-refractivity contribution in [3.05, 3.63) is 59.8 Å². The molecule has 0 saturated heterocycles. The Morgan fingerprint density at radius 1 is 1.17 bits per heavy atom. The molecule has 1 heterocycles. The van der Waals surface area contributed by atoms with Gasteiger partial charge in [-0.25, -0.2) is 4.39 Å². The highest BCUT2D eigenvalue weighted by Crippen LogP contribution is 2.08. The van der Waals surface area contributed by atoms with E-state index in [1.807, 2.05) is 13.8 Å². The minimum atomic E-state index is -0.669. The van der Waals surface area contributed by atoms with E-state index in [1.165, 1.54) is 30.5 Å². The van der Waals surface area contributed by atoms with Crippen LogP contribution in [-0.2, 0) is 11.3 Å². The van der Waals surface area contributed by atoms with Gasteiger partial charge in [-0.2, -0.15) is 0 Å². The zero-order chi connectivity index (χ0) is 17.5. The minimum Gasteiger partial charge on any atom is -0.467 e. The standard InChI is InChI=1S/C18H21FN2O3/c1-12(2)10-16(18(23)20-11-15-4-3-9-24-15)21-17(22)13-5-7-14(19)8-6-13/h3-9,12,16H,10-11H2,1-2H3,(H,20,23)(H,21,22)/t16-/m1/s1. The molecule has 0 aliphatic heterocycles. The fraction of sp³-hybridized carbons (Fsp3) is 0.333. The maximum absolute atomic E-state index is 12.9. The van der Waals surface area contributed by atoms with Crippen molar-refractivity contribution in [3.8, 4) is 0 Å². The van der Waals surface area contributed by atoms with Gasteiger partial charge in [-0.05, 0) is 48.7 Å². The maximum atomic E-state index is 12.9. The molecule has 2 rings (SSSR count). The number of halogens is 1. The van der Waals surface area contributed by atoms with Crippen LogP contribution in [0.15, 0.2) is 47.1 Å². The van der Waals surface area contributed by atoms with E-state index in [2.05, 4.69) is 10.6 Å². The Bertz CT molecular complexity index is 666. The number of carbonyl (C=O) groups is 2. The van der Waals surface area contributed by atoms with Crippen molar-refractivity contribution in [1.29, 1.82) is 0 Å². The lowest BCUT2D eigenvalue weighted by Gasteiger charge is -2.20. The van der Waals surface area contributed by atoms with Crippen molar-refractivity contribution in [3.63, 3.8) is 0 Å². The van der Waals surface area contributed by atoms with Gasteiger partial charge < -0.3 is 15.1 Å². The number of furan rings is 1. The monoisotopic (exact) mass is 332 g/mol. The van der Waals surface area contributed by atoms with Crippen LogP contribution in [0.1, 0.15) is 36.4 Å². The fourth-order valence-electron chi connectivity index (χ4n) is 2.26. The Morgan fingerprint density at radius 3 is 2.46 bits per heavy atom. The van der Waals surface area contributed by atoms with Crippen LogP contribution in [0, 0.1) is 11.7 Å². The van der Waals surface area contributed by atoms with Crippen molar-refractivity contribution in [2.24, 2.45) is 5.92 Å². The predicted molar refractivity (Wildman–Crippen MR) is 87.7 cm³/mol. The molecular weight excluding hydrogens is 311 g/mol. The summed E-state index contributed by atoms with van der Waals surface area (Å²) in [6, 6.07) is 8.03. The van der Waals surface area contributed by atoms with E-state index in [-0.39, 0.29) is 18.4 Å². The molecular formula is C18H21FN2O3. The largest absolute Gasteiger partial charge is 0.467 e. The van der Waals surface area contributed by atoms with Gasteiger partial charge in [-0.15, -0.1) is 0 Å². The summed E-state index contributed by atoms with van der Waals surface area (Å²) in [6.45, 7) is 4.20. The highest BCUT2D eigenvalue weighted by atomic mass is 19.1.